The Kier molecular flexibility index (Phi) is 6.93. The van der Waals surface area contributed by atoms with Crippen molar-refractivity contribution in [2.45, 2.75) is 5.60 Å². The first kappa shape index (κ1) is 24.9. The summed E-state index contributed by atoms with van der Waals surface area (Å²) in [5, 5.41) is 16.9. The Morgan fingerprint density at radius 3 is 2.46 bits per heavy atom. The van der Waals surface area contributed by atoms with Gasteiger partial charge in [-0.15, -0.1) is 0 Å². The molecule has 0 aliphatic carbocycles. The van der Waals surface area contributed by atoms with Gasteiger partial charge in [-0.1, -0.05) is 48.0 Å². The van der Waals surface area contributed by atoms with E-state index in [0.717, 1.165) is 40.9 Å². The minimum atomic E-state index is -1.47. The zero-order chi connectivity index (χ0) is 26.0. The van der Waals surface area contributed by atoms with Crippen LogP contribution in [0.4, 0.5) is 5.82 Å². The summed E-state index contributed by atoms with van der Waals surface area (Å²) in [5.74, 6) is 0.808. The van der Waals surface area contributed by atoms with E-state index in [4.69, 9.17) is 16.6 Å². The molecule has 8 heteroatoms. The number of aliphatic hydroxyl groups is 1. The zero-order valence-electron chi connectivity index (χ0n) is 21.1. The van der Waals surface area contributed by atoms with E-state index in [1.807, 2.05) is 86.4 Å². The van der Waals surface area contributed by atoms with Gasteiger partial charge in [0.1, 0.15) is 5.82 Å². The topological polar surface area (TPSA) is 79.1 Å². The number of fused-ring (bicyclic) bond motifs is 1. The maximum absolute atomic E-state index is 12.3. The van der Waals surface area contributed by atoms with E-state index in [2.05, 4.69) is 20.2 Å². The van der Waals surface area contributed by atoms with Gasteiger partial charge in [0, 0.05) is 50.5 Å². The van der Waals surface area contributed by atoms with Gasteiger partial charge in [-0.05, 0) is 48.0 Å². The second-order valence-corrected chi connectivity index (χ2v) is 9.46. The predicted octanol–water partition coefficient (Wildman–Crippen LogP) is 4.62. The summed E-state index contributed by atoms with van der Waals surface area (Å²) in [6.07, 6.45) is 6.71. The van der Waals surface area contributed by atoms with Crippen molar-refractivity contribution in [3.8, 4) is 11.1 Å². The lowest BCUT2D eigenvalue weighted by Gasteiger charge is -2.30. The van der Waals surface area contributed by atoms with E-state index in [1.165, 1.54) is 0 Å². The summed E-state index contributed by atoms with van der Waals surface area (Å²) < 4.78 is 1.82. The molecule has 2 N–H and O–H groups in total. The lowest BCUT2D eigenvalue weighted by atomic mass is 9.83. The van der Waals surface area contributed by atoms with Crippen molar-refractivity contribution >= 4 is 28.3 Å². The maximum atomic E-state index is 12.3. The number of aromatic nitrogens is 4. The first-order valence-corrected chi connectivity index (χ1v) is 12.5. The molecule has 3 heterocycles. The number of rotatable bonds is 8. The van der Waals surface area contributed by atoms with Gasteiger partial charge in [0.15, 0.2) is 5.60 Å². The van der Waals surface area contributed by atoms with Gasteiger partial charge in [0.05, 0.1) is 28.8 Å². The SMILES string of the molecule is CNCCN(C)c1nc2ccc(C(O)(c3ccncc3)c3cncn3C)cc2c(Cl)c1-c1ccccc1. The van der Waals surface area contributed by atoms with Crippen molar-refractivity contribution in [2.75, 3.05) is 32.1 Å². The lowest BCUT2D eigenvalue weighted by Crippen LogP contribution is -2.31. The minimum Gasteiger partial charge on any atom is -0.374 e. The number of pyridine rings is 2. The summed E-state index contributed by atoms with van der Waals surface area (Å²) in [4.78, 5) is 15.6. The number of anilines is 1. The number of benzene rings is 2. The Morgan fingerprint density at radius 1 is 1.03 bits per heavy atom. The number of nitrogens with one attached hydrogen (secondary N) is 1. The predicted molar refractivity (Wildman–Crippen MR) is 149 cm³/mol. The molecular weight excluding hydrogens is 484 g/mol. The van der Waals surface area contributed by atoms with Gasteiger partial charge in [0.25, 0.3) is 0 Å². The van der Waals surface area contributed by atoms with Crippen LogP contribution in [0.1, 0.15) is 16.8 Å². The fourth-order valence-corrected chi connectivity index (χ4v) is 5.07. The molecule has 5 aromatic rings. The molecule has 0 bridgehead atoms. The van der Waals surface area contributed by atoms with Crippen LogP contribution in [0.3, 0.4) is 0 Å². The largest absolute Gasteiger partial charge is 0.374 e. The van der Waals surface area contributed by atoms with E-state index < -0.39 is 5.60 Å². The molecule has 0 saturated carbocycles. The van der Waals surface area contributed by atoms with Crippen LogP contribution in [0.25, 0.3) is 22.0 Å². The minimum absolute atomic E-state index is 0.589. The van der Waals surface area contributed by atoms with Crippen molar-refractivity contribution in [3.05, 3.63) is 107 Å². The standard InChI is InChI=1S/C29H29ClN6O/c1-31-15-16-35(2)28-26(20-7-5-4-6-8-20)27(30)23-17-22(9-10-24(23)34-28)29(37,21-11-13-32-14-12-21)25-18-33-19-36(25)3/h4-14,17-19,31,37H,15-16H2,1-3H3. The molecule has 37 heavy (non-hydrogen) atoms. The Hall–Kier alpha value is -3.78. The van der Waals surface area contributed by atoms with Gasteiger partial charge in [0.2, 0.25) is 0 Å². The van der Waals surface area contributed by atoms with E-state index in [1.54, 1.807) is 24.9 Å². The number of hydrogen-bond acceptors (Lipinski definition) is 6. The van der Waals surface area contributed by atoms with Crippen LogP contribution in [0, 0.1) is 0 Å². The molecule has 5 rings (SSSR count). The third-order valence-electron chi connectivity index (χ3n) is 6.73. The van der Waals surface area contributed by atoms with Gasteiger partial charge >= 0.3 is 0 Å². The summed E-state index contributed by atoms with van der Waals surface area (Å²) in [7, 11) is 5.82. The average molecular weight is 513 g/mol. The number of aryl methyl sites for hydroxylation is 1. The highest BCUT2D eigenvalue weighted by molar-refractivity contribution is 6.38. The van der Waals surface area contributed by atoms with Crippen molar-refractivity contribution in [2.24, 2.45) is 7.05 Å². The normalized spacial score (nSPS) is 13.0. The third-order valence-corrected chi connectivity index (χ3v) is 7.12. The second kappa shape index (κ2) is 10.3. The highest BCUT2D eigenvalue weighted by Crippen LogP contribution is 2.43. The maximum Gasteiger partial charge on any atom is 0.157 e. The van der Waals surface area contributed by atoms with Crippen LogP contribution in [-0.4, -0.2) is 51.8 Å². The molecule has 188 valence electrons. The Morgan fingerprint density at radius 2 is 1.78 bits per heavy atom. The average Bonchev–Trinajstić information content (AvgIpc) is 3.38. The molecule has 2 aromatic carbocycles. The van der Waals surface area contributed by atoms with Crippen LogP contribution in [0.2, 0.25) is 5.02 Å². The first-order chi connectivity index (χ1) is 17.9. The van der Waals surface area contributed by atoms with Gasteiger partial charge < -0.3 is 19.9 Å². The number of nitrogens with zero attached hydrogens (tertiary/aromatic N) is 5. The van der Waals surface area contributed by atoms with Crippen molar-refractivity contribution in [1.82, 2.24) is 24.8 Å². The molecule has 0 fully saturated rings. The lowest BCUT2D eigenvalue weighted by molar-refractivity contribution is 0.117. The van der Waals surface area contributed by atoms with Crippen LogP contribution >= 0.6 is 11.6 Å². The Balaban J connectivity index is 1.76. The van der Waals surface area contributed by atoms with Crippen LogP contribution < -0.4 is 10.2 Å². The monoisotopic (exact) mass is 512 g/mol. The molecule has 0 spiro atoms. The third kappa shape index (κ3) is 4.46. The quantitative estimate of drug-likeness (QED) is 0.316. The molecule has 0 saturated heterocycles. The summed E-state index contributed by atoms with van der Waals surface area (Å²) >= 11 is 7.19. The highest BCUT2D eigenvalue weighted by Gasteiger charge is 2.37. The molecule has 0 amide bonds. The molecule has 0 aliphatic rings. The van der Waals surface area contributed by atoms with E-state index in [9.17, 15) is 5.11 Å². The first-order valence-electron chi connectivity index (χ1n) is 12.1. The molecule has 1 unspecified atom stereocenters. The van der Waals surface area contributed by atoms with Crippen molar-refractivity contribution in [1.29, 1.82) is 0 Å². The van der Waals surface area contributed by atoms with Crippen LogP contribution in [-0.2, 0) is 12.6 Å². The Bertz CT molecular complexity index is 1520. The van der Waals surface area contributed by atoms with E-state index in [0.29, 0.717) is 21.8 Å². The van der Waals surface area contributed by atoms with Gasteiger partial charge in [-0.2, -0.15) is 0 Å². The molecule has 0 radical (unpaired) electrons. The summed E-state index contributed by atoms with van der Waals surface area (Å²) in [6.45, 7) is 1.58. The number of halogens is 1. The molecule has 1 atom stereocenters. The fourth-order valence-electron chi connectivity index (χ4n) is 4.72. The zero-order valence-corrected chi connectivity index (χ0v) is 21.8. The van der Waals surface area contributed by atoms with Gasteiger partial charge in [-0.3, -0.25) is 4.98 Å². The summed E-state index contributed by atoms with van der Waals surface area (Å²) in [6, 6.07) is 19.4. The molecule has 7 nitrogen and oxygen atoms in total. The Labute approximate surface area is 221 Å². The number of likely N-dealkylation sites (N-methyl/N-ethyl adjacent to an activating group) is 2. The van der Waals surface area contributed by atoms with E-state index in [-0.39, 0.29) is 0 Å². The number of hydrogen-bond donors (Lipinski definition) is 2. The highest BCUT2D eigenvalue weighted by atomic mass is 35.5. The summed E-state index contributed by atoms with van der Waals surface area (Å²) in [5.41, 5.74) is 3.10. The molecule has 0 aliphatic heterocycles. The van der Waals surface area contributed by atoms with E-state index >= 15 is 0 Å². The molecule has 3 aromatic heterocycles. The van der Waals surface area contributed by atoms with Gasteiger partial charge in [-0.25, -0.2) is 9.97 Å². The smallest absolute Gasteiger partial charge is 0.157 e. The fraction of sp³-hybridized carbons (Fsp3) is 0.207. The van der Waals surface area contributed by atoms with Crippen molar-refractivity contribution in [3.63, 3.8) is 0 Å². The van der Waals surface area contributed by atoms with Crippen molar-refractivity contribution < 1.29 is 5.11 Å². The van der Waals surface area contributed by atoms with Crippen LogP contribution in [0.15, 0.2) is 85.6 Å². The van der Waals surface area contributed by atoms with Crippen LogP contribution in [0.5, 0.6) is 0 Å². The number of imidazole rings is 1. The molecular formula is C29H29ClN6O. The second-order valence-electron chi connectivity index (χ2n) is 9.08.